The van der Waals surface area contributed by atoms with Crippen molar-refractivity contribution in [2.24, 2.45) is 34.5 Å². The molecule has 4 bridgehead atoms. The summed E-state index contributed by atoms with van der Waals surface area (Å²) in [6, 6.07) is -1.29. The minimum absolute atomic E-state index is 0.00900. The van der Waals surface area contributed by atoms with Gasteiger partial charge in [-0.25, -0.2) is 4.79 Å². The summed E-state index contributed by atoms with van der Waals surface area (Å²) in [5.74, 6) is 1.71. The number of carbonyl (C=O) groups is 3. The lowest BCUT2D eigenvalue weighted by Crippen LogP contribution is -2.64. The van der Waals surface area contributed by atoms with Gasteiger partial charge in [-0.15, -0.1) is 0 Å². The van der Waals surface area contributed by atoms with E-state index in [1.165, 1.54) is 19.3 Å². The van der Waals surface area contributed by atoms with E-state index in [-0.39, 0.29) is 41.2 Å². The molecule has 4 fully saturated rings. The molecule has 0 aliphatic heterocycles. The molecule has 4 aliphatic rings. The number of hydrogen-bond acceptors (Lipinski definition) is 5. The molecule has 7 nitrogen and oxygen atoms in total. The third-order valence-electron chi connectivity index (χ3n) is 9.14. The van der Waals surface area contributed by atoms with E-state index in [0.717, 1.165) is 37.0 Å². The second-order valence-electron chi connectivity index (χ2n) is 13.6. The van der Waals surface area contributed by atoms with Crippen molar-refractivity contribution < 1.29 is 19.1 Å². The highest BCUT2D eigenvalue weighted by Crippen LogP contribution is 2.61. The number of carbonyl (C=O) groups excluding carboxylic acids is 3. The zero-order chi connectivity index (χ0) is 27.7. The van der Waals surface area contributed by atoms with Gasteiger partial charge >= 0.3 is 5.97 Å². The van der Waals surface area contributed by atoms with Crippen LogP contribution in [-0.4, -0.2) is 61.5 Å². The molecule has 0 aromatic carbocycles. The molecule has 4 rings (SSSR count). The van der Waals surface area contributed by atoms with Gasteiger partial charge in [0.15, 0.2) is 0 Å². The highest BCUT2D eigenvalue weighted by atomic mass is 16.5. The maximum atomic E-state index is 14.0. The minimum Gasteiger partial charge on any atom is -0.463 e. The summed E-state index contributed by atoms with van der Waals surface area (Å²) >= 11 is 0. The molecule has 2 N–H and O–H groups in total. The molecule has 0 radical (unpaired) electrons. The van der Waals surface area contributed by atoms with E-state index in [2.05, 4.69) is 10.6 Å². The molecule has 0 unspecified atom stereocenters. The maximum Gasteiger partial charge on any atom is 0.333 e. The van der Waals surface area contributed by atoms with Gasteiger partial charge in [-0.3, -0.25) is 9.59 Å². The zero-order valence-corrected chi connectivity index (χ0v) is 24.6. The Balaban J connectivity index is 1.81. The molecule has 3 atom stereocenters. The summed E-state index contributed by atoms with van der Waals surface area (Å²) in [5.41, 5.74) is -0.0127. The fraction of sp³-hybridized carbons (Fsp3) is 0.833. The van der Waals surface area contributed by atoms with E-state index >= 15 is 0 Å². The predicted octanol–water partition coefficient (Wildman–Crippen LogP) is 4.31. The molecular weight excluding hydrogens is 466 g/mol. The third-order valence-corrected chi connectivity index (χ3v) is 9.14. The number of esters is 1. The molecule has 2 amide bonds. The van der Waals surface area contributed by atoms with Crippen LogP contribution in [0.25, 0.3) is 0 Å². The van der Waals surface area contributed by atoms with E-state index in [4.69, 9.17) is 4.74 Å². The minimum atomic E-state index is -0.688. The summed E-state index contributed by atoms with van der Waals surface area (Å²) in [4.78, 5) is 41.8. The van der Waals surface area contributed by atoms with Gasteiger partial charge in [0.25, 0.3) is 0 Å². The second kappa shape index (κ2) is 11.5. The van der Waals surface area contributed by atoms with Gasteiger partial charge in [-0.05, 0) is 93.9 Å². The van der Waals surface area contributed by atoms with Crippen LogP contribution < -0.4 is 10.6 Å². The Hall–Kier alpha value is -1.89. The van der Waals surface area contributed by atoms with Gasteiger partial charge in [0.1, 0.15) is 6.04 Å². The number of hydrogen-bond donors (Lipinski definition) is 2. The average molecular weight is 518 g/mol. The molecule has 7 heteroatoms. The van der Waals surface area contributed by atoms with Crippen LogP contribution in [0.2, 0.25) is 0 Å². The molecule has 0 saturated heterocycles. The first-order valence-corrected chi connectivity index (χ1v) is 14.3. The lowest BCUT2D eigenvalue weighted by molar-refractivity contribution is -0.144. The van der Waals surface area contributed by atoms with Crippen LogP contribution in [0.5, 0.6) is 0 Å². The molecule has 4 saturated carbocycles. The summed E-state index contributed by atoms with van der Waals surface area (Å²) in [6.07, 6.45) is 9.10. The molecule has 0 aromatic heterocycles. The van der Waals surface area contributed by atoms with Crippen molar-refractivity contribution in [2.75, 3.05) is 20.7 Å². The number of nitrogens with one attached hydrogen (secondary N) is 2. The van der Waals surface area contributed by atoms with Crippen LogP contribution >= 0.6 is 0 Å². The van der Waals surface area contributed by atoms with E-state index in [1.807, 2.05) is 47.7 Å². The first kappa shape index (κ1) is 29.7. The monoisotopic (exact) mass is 517 g/mol. The van der Waals surface area contributed by atoms with Crippen molar-refractivity contribution in [2.45, 2.75) is 105 Å². The molecule has 0 spiro atoms. The van der Waals surface area contributed by atoms with Crippen molar-refractivity contribution in [1.82, 2.24) is 15.5 Å². The van der Waals surface area contributed by atoms with Gasteiger partial charge in [-0.2, -0.15) is 0 Å². The van der Waals surface area contributed by atoms with Crippen molar-refractivity contribution in [3.8, 4) is 0 Å². The van der Waals surface area contributed by atoms with Gasteiger partial charge in [0.05, 0.1) is 18.7 Å². The largest absolute Gasteiger partial charge is 0.463 e. The predicted molar refractivity (Wildman–Crippen MR) is 147 cm³/mol. The smallest absolute Gasteiger partial charge is 0.333 e. The number of nitrogens with zero attached hydrogens (tertiary/aromatic N) is 1. The Bertz CT molecular complexity index is 852. The van der Waals surface area contributed by atoms with Crippen molar-refractivity contribution in [1.29, 1.82) is 0 Å². The highest BCUT2D eigenvalue weighted by molar-refractivity contribution is 5.91. The number of amides is 2. The molecule has 37 heavy (non-hydrogen) atoms. The van der Waals surface area contributed by atoms with Gasteiger partial charge < -0.3 is 20.3 Å². The second-order valence-corrected chi connectivity index (χ2v) is 13.6. The lowest BCUT2D eigenvalue weighted by atomic mass is 9.47. The zero-order valence-electron chi connectivity index (χ0n) is 24.6. The van der Waals surface area contributed by atoms with Crippen LogP contribution in [0.4, 0.5) is 0 Å². The van der Waals surface area contributed by atoms with E-state index < -0.39 is 11.5 Å². The third kappa shape index (κ3) is 6.40. The van der Waals surface area contributed by atoms with E-state index in [9.17, 15) is 14.4 Å². The van der Waals surface area contributed by atoms with Crippen LogP contribution in [0.3, 0.4) is 0 Å². The fourth-order valence-electron chi connectivity index (χ4n) is 7.79. The Kier molecular flexibility index (Phi) is 9.19. The molecular formula is C30H51N3O4. The summed E-state index contributed by atoms with van der Waals surface area (Å²) < 4.78 is 5.14. The molecule has 0 aromatic rings. The van der Waals surface area contributed by atoms with E-state index in [0.29, 0.717) is 12.2 Å². The Morgan fingerprint density at radius 1 is 1.05 bits per heavy atom. The molecule has 210 valence electrons. The topological polar surface area (TPSA) is 87.7 Å². The van der Waals surface area contributed by atoms with Crippen molar-refractivity contribution in [3.05, 3.63) is 11.6 Å². The summed E-state index contributed by atoms with van der Waals surface area (Å²) in [7, 11) is 3.65. The quantitative estimate of drug-likeness (QED) is 0.333. The Morgan fingerprint density at radius 2 is 1.57 bits per heavy atom. The Labute approximate surface area is 224 Å². The maximum absolute atomic E-state index is 14.0. The van der Waals surface area contributed by atoms with Crippen LogP contribution in [0.15, 0.2) is 11.6 Å². The summed E-state index contributed by atoms with van der Waals surface area (Å²) in [6.45, 7) is 13.8. The average Bonchev–Trinajstić information content (AvgIpc) is 2.78. The summed E-state index contributed by atoms with van der Waals surface area (Å²) in [5, 5.41) is 6.58. The van der Waals surface area contributed by atoms with Gasteiger partial charge in [0.2, 0.25) is 11.8 Å². The van der Waals surface area contributed by atoms with E-state index in [1.54, 1.807) is 25.8 Å². The first-order chi connectivity index (χ1) is 17.2. The number of rotatable bonds is 10. The van der Waals surface area contributed by atoms with Gasteiger partial charge in [-0.1, -0.05) is 40.7 Å². The molecule has 0 heterocycles. The lowest BCUT2D eigenvalue weighted by Gasteiger charge is -2.59. The number of ether oxygens (including phenoxy) is 1. The Morgan fingerprint density at radius 3 is 1.97 bits per heavy atom. The van der Waals surface area contributed by atoms with Crippen LogP contribution in [0, 0.1) is 34.5 Å². The SMILES string of the molecule is CCOC(=O)/C(C)=C/[C@H](C(C)C)N(C)C(=O)[C@@H](NC(=O)[C@@H](NC)C12CC3CC(CC(C3)C1)C2)C(C)(C)C. The number of likely N-dealkylation sites (N-methyl/N-ethyl adjacent to an activating group) is 2. The first-order valence-electron chi connectivity index (χ1n) is 14.3. The van der Waals surface area contributed by atoms with Crippen molar-refractivity contribution >= 4 is 17.8 Å². The standard InChI is InChI=1S/C30H51N3O4/c1-10-37-28(36)19(4)11-23(18(2)3)33(9)27(35)25(29(5,6)7)32-26(34)24(31-8)30-15-20-12-21(16-30)14-22(13-20)17-30/h11,18,20-25,31H,10,12-17H2,1-9H3,(H,32,34)/b19-11+/t20?,21?,22?,23-,24-,25-,30?/m1/s1. The van der Waals surface area contributed by atoms with Crippen molar-refractivity contribution in [3.63, 3.8) is 0 Å². The molecule has 4 aliphatic carbocycles. The fourth-order valence-corrected chi connectivity index (χ4v) is 7.79. The van der Waals surface area contributed by atoms with Crippen LogP contribution in [0.1, 0.15) is 87.0 Å². The highest BCUT2D eigenvalue weighted by Gasteiger charge is 2.56. The van der Waals surface area contributed by atoms with Crippen LogP contribution in [-0.2, 0) is 19.1 Å². The van der Waals surface area contributed by atoms with Gasteiger partial charge in [0, 0.05) is 12.6 Å². The normalized spacial score (nSPS) is 29.6.